The van der Waals surface area contributed by atoms with Gasteiger partial charge in [-0.05, 0) is 44.1 Å². The SMILES string of the molecule is COc1cc(I)cc(NPC)n1. The van der Waals surface area contributed by atoms with Crippen LogP contribution in [0.4, 0.5) is 5.82 Å². The van der Waals surface area contributed by atoms with Crippen molar-refractivity contribution in [1.29, 1.82) is 0 Å². The highest BCUT2D eigenvalue weighted by Crippen LogP contribution is 2.19. The molecular weight excluding hydrogens is 286 g/mol. The lowest BCUT2D eigenvalue weighted by atomic mass is 10.4. The molecule has 1 atom stereocenters. The van der Waals surface area contributed by atoms with E-state index in [0.717, 1.165) is 9.39 Å². The molecule has 1 heterocycles. The Labute approximate surface area is 87.3 Å². The minimum Gasteiger partial charge on any atom is -0.481 e. The van der Waals surface area contributed by atoms with Crippen molar-refractivity contribution in [3.8, 4) is 5.88 Å². The molecule has 0 bridgehead atoms. The van der Waals surface area contributed by atoms with Gasteiger partial charge in [-0.25, -0.2) is 0 Å². The van der Waals surface area contributed by atoms with Crippen LogP contribution in [0.15, 0.2) is 12.1 Å². The van der Waals surface area contributed by atoms with E-state index >= 15 is 0 Å². The Balaban J connectivity index is 2.90. The Bertz CT molecular complexity index is 270. The fourth-order valence-corrected chi connectivity index (χ4v) is 1.72. The van der Waals surface area contributed by atoms with Crippen molar-refractivity contribution in [3.05, 3.63) is 15.7 Å². The number of hydrogen-bond donors (Lipinski definition) is 1. The Hall–Kier alpha value is -0.0900. The van der Waals surface area contributed by atoms with Crippen LogP contribution in [-0.4, -0.2) is 18.8 Å². The van der Waals surface area contributed by atoms with Crippen LogP contribution in [0.1, 0.15) is 0 Å². The van der Waals surface area contributed by atoms with E-state index in [2.05, 4.69) is 39.3 Å². The molecule has 66 valence electrons. The first-order valence-electron chi connectivity index (χ1n) is 3.40. The highest BCUT2D eigenvalue weighted by atomic mass is 127. The molecule has 0 radical (unpaired) electrons. The predicted molar refractivity (Wildman–Crippen MR) is 61.4 cm³/mol. The first-order chi connectivity index (χ1) is 5.76. The summed E-state index contributed by atoms with van der Waals surface area (Å²) < 4.78 is 6.15. The summed E-state index contributed by atoms with van der Waals surface area (Å²) in [5.41, 5.74) is 0. The molecule has 3 nitrogen and oxygen atoms in total. The molecule has 0 aliphatic carbocycles. The number of pyridine rings is 1. The maximum atomic E-state index is 5.03. The number of ether oxygens (including phenoxy) is 1. The summed E-state index contributed by atoms with van der Waals surface area (Å²) in [4.78, 5) is 4.21. The first kappa shape index (κ1) is 9.99. The molecular formula is C7H10IN2OP. The monoisotopic (exact) mass is 296 g/mol. The fraction of sp³-hybridized carbons (Fsp3) is 0.286. The van der Waals surface area contributed by atoms with Crippen LogP contribution in [0.3, 0.4) is 0 Å². The number of methoxy groups -OCH3 is 1. The predicted octanol–water partition coefficient (Wildman–Crippen LogP) is 2.33. The van der Waals surface area contributed by atoms with Gasteiger partial charge in [0.15, 0.2) is 0 Å². The van der Waals surface area contributed by atoms with Gasteiger partial charge in [0.1, 0.15) is 5.82 Å². The molecule has 12 heavy (non-hydrogen) atoms. The van der Waals surface area contributed by atoms with Crippen molar-refractivity contribution in [1.82, 2.24) is 4.98 Å². The van der Waals surface area contributed by atoms with Gasteiger partial charge >= 0.3 is 0 Å². The largest absolute Gasteiger partial charge is 0.481 e. The average Bonchev–Trinajstić information content (AvgIpc) is 2.04. The second-order valence-electron chi connectivity index (χ2n) is 2.09. The maximum Gasteiger partial charge on any atom is 0.215 e. The molecule has 0 saturated carbocycles. The van der Waals surface area contributed by atoms with E-state index in [1.165, 1.54) is 0 Å². The summed E-state index contributed by atoms with van der Waals surface area (Å²) in [5.74, 6) is 1.53. The van der Waals surface area contributed by atoms with Gasteiger partial charge in [0, 0.05) is 9.64 Å². The van der Waals surface area contributed by atoms with Gasteiger partial charge in [-0.2, -0.15) is 4.98 Å². The van der Waals surface area contributed by atoms with Gasteiger partial charge in [0.05, 0.1) is 7.11 Å². The van der Waals surface area contributed by atoms with E-state index in [4.69, 9.17) is 4.74 Å². The Morgan fingerprint density at radius 3 is 2.92 bits per heavy atom. The standard InChI is InChI=1S/C7H10IN2OP/c1-11-7-4-5(8)3-6(9-7)10-12-2/h3-4,12H,1-2H3,(H,9,10). The second-order valence-corrected chi connectivity index (χ2v) is 4.08. The Morgan fingerprint density at radius 2 is 2.33 bits per heavy atom. The normalized spacial score (nSPS) is 10.6. The van der Waals surface area contributed by atoms with Crippen LogP contribution in [-0.2, 0) is 0 Å². The van der Waals surface area contributed by atoms with Gasteiger partial charge in [0.2, 0.25) is 5.88 Å². The lowest BCUT2D eigenvalue weighted by Crippen LogP contribution is -1.93. The van der Waals surface area contributed by atoms with E-state index < -0.39 is 0 Å². The fourth-order valence-electron chi connectivity index (χ4n) is 0.770. The summed E-state index contributed by atoms with van der Waals surface area (Å²) in [5, 5.41) is 3.15. The molecule has 0 saturated heterocycles. The number of hydrogen-bond acceptors (Lipinski definition) is 3. The van der Waals surface area contributed by atoms with Crippen molar-refractivity contribution in [2.45, 2.75) is 0 Å². The molecule has 0 amide bonds. The highest BCUT2D eigenvalue weighted by molar-refractivity contribution is 14.1. The van der Waals surface area contributed by atoms with Gasteiger partial charge < -0.3 is 9.82 Å². The summed E-state index contributed by atoms with van der Waals surface area (Å²) in [6, 6.07) is 3.88. The van der Waals surface area contributed by atoms with Crippen molar-refractivity contribution >= 4 is 37.1 Å². The van der Waals surface area contributed by atoms with Gasteiger partial charge in [-0.15, -0.1) is 0 Å². The zero-order chi connectivity index (χ0) is 8.97. The van der Waals surface area contributed by atoms with E-state index in [-0.39, 0.29) is 0 Å². The number of anilines is 1. The molecule has 5 heteroatoms. The van der Waals surface area contributed by atoms with Gasteiger partial charge in [-0.1, -0.05) is 0 Å². The second kappa shape index (κ2) is 4.82. The minimum absolute atomic E-state index is 0.655. The number of aromatic nitrogens is 1. The molecule has 1 aromatic rings. The third-order valence-corrected chi connectivity index (χ3v) is 2.36. The Morgan fingerprint density at radius 1 is 1.58 bits per heavy atom. The number of nitrogens with zero attached hydrogens (tertiary/aromatic N) is 1. The molecule has 0 fully saturated rings. The molecule has 0 aliphatic rings. The molecule has 0 aromatic carbocycles. The summed E-state index contributed by atoms with van der Waals surface area (Å²) in [6.07, 6.45) is 0. The third-order valence-electron chi connectivity index (χ3n) is 1.23. The molecule has 1 rings (SSSR count). The quantitative estimate of drug-likeness (QED) is 0.686. The number of rotatable bonds is 3. The smallest absolute Gasteiger partial charge is 0.215 e. The molecule has 1 N–H and O–H groups in total. The van der Waals surface area contributed by atoms with Crippen molar-refractivity contribution in [3.63, 3.8) is 0 Å². The van der Waals surface area contributed by atoms with Crippen molar-refractivity contribution in [2.24, 2.45) is 0 Å². The van der Waals surface area contributed by atoms with Crippen LogP contribution in [0.25, 0.3) is 0 Å². The number of halogens is 1. The minimum atomic E-state index is 0.655. The lowest BCUT2D eigenvalue weighted by Gasteiger charge is -2.04. The van der Waals surface area contributed by atoms with Crippen LogP contribution in [0, 0.1) is 3.57 Å². The van der Waals surface area contributed by atoms with E-state index in [1.807, 2.05) is 12.1 Å². The van der Waals surface area contributed by atoms with Crippen LogP contribution in [0.2, 0.25) is 0 Å². The molecule has 0 spiro atoms. The zero-order valence-electron chi connectivity index (χ0n) is 6.89. The Kier molecular flexibility index (Phi) is 4.01. The van der Waals surface area contributed by atoms with E-state index in [9.17, 15) is 0 Å². The van der Waals surface area contributed by atoms with Crippen LogP contribution in [0.5, 0.6) is 5.88 Å². The van der Waals surface area contributed by atoms with Crippen LogP contribution >= 0.6 is 31.3 Å². The summed E-state index contributed by atoms with van der Waals surface area (Å²) in [6.45, 7) is 2.06. The van der Waals surface area contributed by atoms with Gasteiger partial charge in [-0.3, -0.25) is 0 Å². The summed E-state index contributed by atoms with van der Waals surface area (Å²) in [7, 11) is 2.28. The topological polar surface area (TPSA) is 34.1 Å². The van der Waals surface area contributed by atoms with Crippen LogP contribution < -0.4 is 9.82 Å². The highest BCUT2D eigenvalue weighted by Gasteiger charge is 1.98. The first-order valence-corrected chi connectivity index (χ1v) is 5.98. The maximum absolute atomic E-state index is 5.03. The average molecular weight is 296 g/mol. The van der Waals surface area contributed by atoms with E-state index in [1.54, 1.807) is 7.11 Å². The molecule has 0 aliphatic heterocycles. The summed E-state index contributed by atoms with van der Waals surface area (Å²) >= 11 is 2.24. The zero-order valence-corrected chi connectivity index (χ0v) is 10.0. The van der Waals surface area contributed by atoms with Gasteiger partial charge in [0.25, 0.3) is 0 Å². The van der Waals surface area contributed by atoms with Crippen molar-refractivity contribution < 1.29 is 4.74 Å². The number of nitrogens with one attached hydrogen (secondary N) is 1. The third kappa shape index (κ3) is 2.75. The van der Waals surface area contributed by atoms with Crippen molar-refractivity contribution in [2.75, 3.05) is 18.9 Å². The van der Waals surface area contributed by atoms with E-state index in [0.29, 0.717) is 14.6 Å². The molecule has 1 unspecified atom stereocenters. The lowest BCUT2D eigenvalue weighted by molar-refractivity contribution is 0.398. The molecule has 1 aromatic heterocycles.